The highest BCUT2D eigenvalue weighted by atomic mass is 19.1. The number of hydrogen-bond donors (Lipinski definition) is 3. The summed E-state index contributed by atoms with van der Waals surface area (Å²) in [5, 5.41) is 21.1. The van der Waals surface area contributed by atoms with Gasteiger partial charge in [0.25, 0.3) is 0 Å². The van der Waals surface area contributed by atoms with Gasteiger partial charge in [0.15, 0.2) is 0 Å². The molecule has 0 bridgehead atoms. The van der Waals surface area contributed by atoms with E-state index in [-0.39, 0.29) is 24.6 Å². The summed E-state index contributed by atoms with van der Waals surface area (Å²) in [6.45, 7) is 8.99. The first-order valence-electron chi connectivity index (χ1n) is 10.9. The summed E-state index contributed by atoms with van der Waals surface area (Å²) in [6.07, 6.45) is -1.29. The van der Waals surface area contributed by atoms with E-state index in [1.807, 2.05) is 13.8 Å². The Balaban J connectivity index is 1.97. The zero-order valence-electron chi connectivity index (χ0n) is 20.4. The molecule has 0 spiro atoms. The van der Waals surface area contributed by atoms with E-state index >= 15 is 0 Å². The molecule has 0 saturated carbocycles. The minimum Gasteiger partial charge on any atom is -0.449 e. The van der Waals surface area contributed by atoms with Crippen molar-refractivity contribution >= 4 is 30.5 Å². The van der Waals surface area contributed by atoms with E-state index in [0.29, 0.717) is 11.2 Å². The Labute approximate surface area is 199 Å². The molecule has 0 aliphatic carbocycles. The smallest absolute Gasteiger partial charge is 0.449 e. The van der Waals surface area contributed by atoms with Crippen LogP contribution in [0.4, 0.5) is 19.7 Å². The maximum Gasteiger partial charge on any atom is 0.488 e. The van der Waals surface area contributed by atoms with Crippen molar-refractivity contribution in [3.63, 3.8) is 0 Å². The minimum absolute atomic E-state index is 0.0415. The summed E-state index contributed by atoms with van der Waals surface area (Å²) in [5.41, 5.74) is 2.00. The first kappa shape index (κ1) is 27.1. The van der Waals surface area contributed by atoms with Gasteiger partial charge in [0, 0.05) is 24.2 Å². The maximum absolute atomic E-state index is 14.3. The summed E-state index contributed by atoms with van der Waals surface area (Å²) in [5.74, 6) is -0.656. The predicted molar refractivity (Wildman–Crippen MR) is 128 cm³/mol. The highest BCUT2D eigenvalue weighted by Gasteiger charge is 2.21. The van der Waals surface area contributed by atoms with E-state index in [9.17, 15) is 24.0 Å². The third-order valence-corrected chi connectivity index (χ3v) is 4.99. The lowest BCUT2D eigenvalue weighted by Gasteiger charge is -2.25. The Morgan fingerprint density at radius 3 is 2.44 bits per heavy atom. The first-order valence-corrected chi connectivity index (χ1v) is 10.9. The molecule has 8 nitrogen and oxygen atoms in total. The molecule has 2 rings (SSSR count). The second-order valence-corrected chi connectivity index (χ2v) is 9.26. The molecule has 0 fully saturated rings. The summed E-state index contributed by atoms with van der Waals surface area (Å²) in [6, 6.07) is 9.09. The molecule has 3 N–H and O–H groups in total. The summed E-state index contributed by atoms with van der Waals surface area (Å²) < 4.78 is 24.9. The van der Waals surface area contributed by atoms with Gasteiger partial charge in [-0.1, -0.05) is 25.1 Å². The van der Waals surface area contributed by atoms with Crippen LogP contribution in [0.1, 0.15) is 50.3 Å². The van der Waals surface area contributed by atoms with E-state index in [1.165, 1.54) is 30.1 Å². The van der Waals surface area contributed by atoms with Gasteiger partial charge in [-0.15, -0.1) is 0 Å². The molecule has 34 heavy (non-hydrogen) atoms. The highest BCUT2D eigenvalue weighted by molar-refractivity contribution is 6.58. The number of hydrogen-bond acceptors (Lipinski definition) is 6. The van der Waals surface area contributed by atoms with Crippen molar-refractivity contribution in [2.24, 2.45) is 0 Å². The lowest BCUT2D eigenvalue weighted by atomic mass is 9.78. The van der Waals surface area contributed by atoms with Gasteiger partial charge in [-0.05, 0) is 62.5 Å². The van der Waals surface area contributed by atoms with Gasteiger partial charge in [-0.3, -0.25) is 5.32 Å². The van der Waals surface area contributed by atoms with Gasteiger partial charge in [-0.25, -0.2) is 14.0 Å². The van der Waals surface area contributed by atoms with Crippen LogP contribution in [0.5, 0.6) is 0 Å². The van der Waals surface area contributed by atoms with Crippen molar-refractivity contribution in [3.8, 4) is 0 Å². The molecule has 2 amide bonds. The van der Waals surface area contributed by atoms with E-state index in [4.69, 9.17) is 9.47 Å². The van der Waals surface area contributed by atoms with Gasteiger partial charge in [0.1, 0.15) is 11.4 Å². The van der Waals surface area contributed by atoms with Crippen molar-refractivity contribution in [2.75, 3.05) is 19.0 Å². The fraction of sp³-hybridized carbons (Fsp3) is 0.417. The molecule has 0 saturated heterocycles. The summed E-state index contributed by atoms with van der Waals surface area (Å²) >= 11 is 0. The fourth-order valence-electron chi connectivity index (χ4n) is 3.29. The van der Waals surface area contributed by atoms with Crippen molar-refractivity contribution in [3.05, 3.63) is 58.9 Å². The van der Waals surface area contributed by atoms with Crippen LogP contribution in [0.3, 0.4) is 0 Å². The van der Waals surface area contributed by atoms with Crippen molar-refractivity contribution in [1.82, 2.24) is 4.90 Å². The third kappa shape index (κ3) is 8.04. The zero-order chi connectivity index (χ0) is 25.6. The number of nitrogens with one attached hydrogen (secondary N) is 1. The monoisotopic (exact) mass is 474 g/mol. The number of rotatable bonds is 7. The Morgan fingerprint density at radius 2 is 1.85 bits per heavy atom. The second kappa shape index (κ2) is 11.3. The van der Waals surface area contributed by atoms with Gasteiger partial charge < -0.3 is 24.4 Å². The molecule has 0 radical (unpaired) electrons. The van der Waals surface area contributed by atoms with Crippen LogP contribution in [0, 0.1) is 12.7 Å². The molecule has 0 aliphatic rings. The fourth-order valence-corrected chi connectivity index (χ4v) is 3.29. The van der Waals surface area contributed by atoms with E-state index in [0.717, 1.165) is 11.1 Å². The second-order valence-electron chi connectivity index (χ2n) is 9.26. The summed E-state index contributed by atoms with van der Waals surface area (Å²) in [4.78, 5) is 25.7. The number of nitrogens with zero attached hydrogens (tertiary/aromatic N) is 1. The number of ether oxygens (including phenoxy) is 2. The van der Waals surface area contributed by atoms with Crippen molar-refractivity contribution < 1.29 is 33.5 Å². The van der Waals surface area contributed by atoms with Crippen LogP contribution in [0.2, 0.25) is 0 Å². The lowest BCUT2D eigenvalue weighted by molar-refractivity contribution is 0.0283. The van der Waals surface area contributed by atoms with Crippen molar-refractivity contribution in [2.45, 2.75) is 52.7 Å². The maximum atomic E-state index is 14.3. The van der Waals surface area contributed by atoms with E-state index < -0.39 is 30.7 Å². The molecular formula is C24H32BFN2O6. The Kier molecular flexibility index (Phi) is 9.06. The van der Waals surface area contributed by atoms with E-state index in [2.05, 4.69) is 5.32 Å². The Bertz CT molecular complexity index is 1030. The molecule has 10 heteroatoms. The molecule has 0 aromatic heterocycles. The van der Waals surface area contributed by atoms with Gasteiger partial charge in [0.05, 0.1) is 13.2 Å². The van der Waals surface area contributed by atoms with Gasteiger partial charge >= 0.3 is 19.3 Å². The number of anilines is 1. The average molecular weight is 474 g/mol. The number of carbonyl (C=O) groups is 2. The topological polar surface area (TPSA) is 108 Å². The average Bonchev–Trinajstić information content (AvgIpc) is 2.73. The largest absolute Gasteiger partial charge is 0.488 e. The highest BCUT2D eigenvalue weighted by Crippen LogP contribution is 2.21. The summed E-state index contributed by atoms with van der Waals surface area (Å²) in [7, 11) is -0.0476. The zero-order valence-corrected chi connectivity index (χ0v) is 20.4. The van der Waals surface area contributed by atoms with E-state index in [1.54, 1.807) is 39.0 Å². The normalized spacial score (nSPS) is 12.0. The number of aryl methyl sites for hydroxylation is 1. The Hall–Kier alpha value is -3.11. The quantitative estimate of drug-likeness (QED) is 0.530. The van der Waals surface area contributed by atoms with Gasteiger partial charge in [-0.2, -0.15) is 0 Å². The molecule has 1 atom stereocenters. The lowest BCUT2D eigenvalue weighted by Crippen LogP contribution is -2.34. The standard InChI is InChI=1S/C24H32BFN2O6/c1-15-11-18(25(31)32)7-9-20(15)16(2)14-33-22(29)27-19-8-10-21(26)17(12-19)13-28(6)23(30)34-24(3,4)5/h7-12,16,31-32H,13-14H2,1-6H3,(H,27,29)/t16-/m0/s1. The van der Waals surface area contributed by atoms with Crippen LogP contribution < -0.4 is 10.8 Å². The predicted octanol–water partition coefficient (Wildman–Crippen LogP) is 3.53. The SMILES string of the molecule is Cc1cc(B(O)O)ccc1[C@@H](C)COC(=O)Nc1ccc(F)c(CN(C)C(=O)OC(C)(C)C)c1. The molecule has 0 aliphatic heterocycles. The van der Waals surface area contributed by atoms with Crippen LogP contribution in [-0.4, -0.2) is 53.5 Å². The molecule has 0 unspecified atom stereocenters. The minimum atomic E-state index is -1.55. The molecular weight excluding hydrogens is 442 g/mol. The molecule has 2 aromatic rings. The molecule has 0 heterocycles. The number of halogens is 1. The number of benzene rings is 2. The van der Waals surface area contributed by atoms with Gasteiger partial charge in [0.2, 0.25) is 0 Å². The first-order chi connectivity index (χ1) is 15.8. The van der Waals surface area contributed by atoms with Crippen molar-refractivity contribution in [1.29, 1.82) is 0 Å². The molecule has 2 aromatic carbocycles. The van der Waals surface area contributed by atoms with Crippen LogP contribution >= 0.6 is 0 Å². The number of amides is 2. The number of carbonyl (C=O) groups excluding carboxylic acids is 2. The van der Waals surface area contributed by atoms with Crippen LogP contribution in [0.25, 0.3) is 0 Å². The molecule has 184 valence electrons. The van der Waals surface area contributed by atoms with Crippen LogP contribution in [-0.2, 0) is 16.0 Å². The van der Waals surface area contributed by atoms with Crippen LogP contribution in [0.15, 0.2) is 36.4 Å². The Morgan fingerprint density at radius 1 is 1.18 bits per heavy atom. The third-order valence-electron chi connectivity index (χ3n) is 4.99.